The molecule has 1 fully saturated rings. The maximum Gasteiger partial charge on any atom is 0.335 e. The molecule has 3 aromatic carbocycles. The topological polar surface area (TPSA) is 158 Å². The molecular weight excluding hydrogens is 506 g/mol. The zero-order chi connectivity index (χ0) is 27.7. The van der Waals surface area contributed by atoms with Crippen LogP contribution < -0.4 is 5.43 Å². The number of hydrogen-bond donors (Lipinski definition) is 4. The number of carbonyl (C=O) groups excluding carboxylic acids is 1. The third kappa shape index (κ3) is 4.89. The average molecular weight is 532 g/mol. The van der Waals surface area contributed by atoms with Gasteiger partial charge in [0.15, 0.2) is 16.9 Å². The Labute approximate surface area is 221 Å². The summed E-state index contributed by atoms with van der Waals surface area (Å²) >= 11 is 0. The van der Waals surface area contributed by atoms with Gasteiger partial charge in [-0.15, -0.1) is 0 Å². The molecule has 0 saturated carbocycles. The van der Waals surface area contributed by atoms with E-state index in [2.05, 4.69) is 0 Å². The summed E-state index contributed by atoms with van der Waals surface area (Å²) in [5, 5.41) is 41.3. The number of ether oxygens (including phenoxy) is 1. The lowest BCUT2D eigenvalue weighted by Crippen LogP contribution is -2.41. The molecule has 0 aliphatic carbocycles. The molecule has 2 heterocycles. The Balaban J connectivity index is 1.75. The van der Waals surface area contributed by atoms with Crippen LogP contribution >= 0.6 is 0 Å². The molecule has 39 heavy (non-hydrogen) atoms. The zero-order valence-electron chi connectivity index (χ0n) is 20.7. The number of aromatic hydroxyl groups is 3. The van der Waals surface area contributed by atoms with Crippen LogP contribution in [-0.4, -0.2) is 63.5 Å². The molecule has 1 aromatic heterocycles. The Morgan fingerprint density at radius 1 is 0.897 bits per heavy atom. The maximum atomic E-state index is 13.4. The molecule has 4 N–H and O–H groups in total. The molecule has 5 rings (SSSR count). The first-order chi connectivity index (χ1) is 18.8. The monoisotopic (exact) mass is 531 g/mol. The first-order valence-electron chi connectivity index (χ1n) is 12.2. The Kier molecular flexibility index (Phi) is 6.95. The van der Waals surface area contributed by atoms with Crippen molar-refractivity contribution in [2.45, 2.75) is 12.3 Å². The van der Waals surface area contributed by atoms with Gasteiger partial charge in [0.25, 0.3) is 0 Å². The number of fused-ring (bicyclic) bond motifs is 1. The predicted molar refractivity (Wildman–Crippen MR) is 140 cm³/mol. The van der Waals surface area contributed by atoms with Gasteiger partial charge in [-0.05, 0) is 17.7 Å². The number of rotatable bonds is 6. The van der Waals surface area contributed by atoms with Crippen molar-refractivity contribution in [2.75, 3.05) is 26.3 Å². The van der Waals surface area contributed by atoms with Crippen LogP contribution in [0.5, 0.6) is 17.2 Å². The van der Waals surface area contributed by atoms with Gasteiger partial charge in [-0.1, -0.05) is 42.5 Å². The number of nitrogens with zero attached hydrogens (tertiary/aromatic N) is 1. The first kappa shape index (κ1) is 25.8. The van der Waals surface area contributed by atoms with Gasteiger partial charge in [0.05, 0.1) is 18.8 Å². The van der Waals surface area contributed by atoms with Gasteiger partial charge in [-0.25, -0.2) is 4.79 Å². The number of amides is 1. The number of aromatic carboxylic acids is 1. The Hall–Kier alpha value is -4.83. The summed E-state index contributed by atoms with van der Waals surface area (Å²) in [5.74, 6) is -4.79. The standard InChI is InChI=1S/C29H25NO9/c31-20-15-21(17-4-2-1-3-5-17)39-28-23(25(33)27(35)26(34)24(20)28)19(14-22(32)30-10-12-38-13-11-30)16-6-8-18(9-7-16)29(36)37/h1-9,15,19,33-35H,10-14H2,(H,36,37)/t19-/m0/s1. The highest BCUT2D eigenvalue weighted by molar-refractivity contribution is 5.94. The van der Waals surface area contributed by atoms with Crippen LogP contribution in [0.4, 0.5) is 0 Å². The second-order valence-electron chi connectivity index (χ2n) is 9.18. The van der Waals surface area contributed by atoms with E-state index in [4.69, 9.17) is 9.15 Å². The van der Waals surface area contributed by atoms with Gasteiger partial charge in [-0.2, -0.15) is 0 Å². The number of carboxylic acids is 1. The van der Waals surface area contributed by atoms with Crippen molar-refractivity contribution in [2.24, 2.45) is 0 Å². The fourth-order valence-corrected chi connectivity index (χ4v) is 4.80. The molecule has 1 aliphatic heterocycles. The van der Waals surface area contributed by atoms with Crippen LogP contribution in [0.3, 0.4) is 0 Å². The minimum atomic E-state index is -1.14. The molecule has 200 valence electrons. The average Bonchev–Trinajstić information content (AvgIpc) is 2.96. The van der Waals surface area contributed by atoms with E-state index in [0.717, 1.165) is 0 Å². The van der Waals surface area contributed by atoms with E-state index in [-0.39, 0.29) is 40.2 Å². The number of carbonyl (C=O) groups is 2. The van der Waals surface area contributed by atoms with Gasteiger partial charge in [0, 0.05) is 42.6 Å². The fourth-order valence-electron chi connectivity index (χ4n) is 4.80. The van der Waals surface area contributed by atoms with Gasteiger partial charge in [0.2, 0.25) is 11.7 Å². The summed E-state index contributed by atoms with van der Waals surface area (Å²) in [5.41, 5.74) is 0.0506. The van der Waals surface area contributed by atoms with Gasteiger partial charge >= 0.3 is 5.97 Å². The van der Waals surface area contributed by atoms with Gasteiger partial charge in [0.1, 0.15) is 16.7 Å². The van der Waals surface area contributed by atoms with Crippen LogP contribution in [0, 0.1) is 0 Å². The van der Waals surface area contributed by atoms with Crippen LogP contribution in [0.1, 0.15) is 33.8 Å². The second-order valence-corrected chi connectivity index (χ2v) is 9.18. The Morgan fingerprint density at radius 3 is 2.21 bits per heavy atom. The van der Waals surface area contributed by atoms with Gasteiger partial charge in [-0.3, -0.25) is 9.59 Å². The van der Waals surface area contributed by atoms with Crippen LogP contribution in [0.2, 0.25) is 0 Å². The van der Waals surface area contributed by atoms with E-state index >= 15 is 0 Å². The summed E-state index contributed by atoms with van der Waals surface area (Å²) in [6.45, 7) is 1.47. The molecule has 1 amide bonds. The lowest BCUT2D eigenvalue weighted by Gasteiger charge is -2.29. The number of phenolic OH excluding ortho intramolecular Hbond substituents is 3. The van der Waals surface area contributed by atoms with Crippen molar-refractivity contribution in [3.05, 3.63) is 87.6 Å². The number of hydrogen-bond acceptors (Lipinski definition) is 8. The predicted octanol–water partition coefficient (Wildman–Crippen LogP) is 3.66. The van der Waals surface area contributed by atoms with Crippen molar-refractivity contribution in [3.63, 3.8) is 0 Å². The fraction of sp³-hybridized carbons (Fsp3) is 0.207. The number of phenols is 3. The molecule has 0 spiro atoms. The Bertz CT molecular complexity index is 1600. The molecule has 1 aliphatic rings. The summed E-state index contributed by atoms with van der Waals surface area (Å²) < 4.78 is 11.4. The van der Waals surface area contributed by atoms with Crippen molar-refractivity contribution in [1.29, 1.82) is 0 Å². The number of carboxylic acid groups (broad SMARTS) is 1. The minimum Gasteiger partial charge on any atom is -0.504 e. The molecule has 10 nitrogen and oxygen atoms in total. The summed E-state index contributed by atoms with van der Waals surface area (Å²) in [6, 6.07) is 15.6. The molecule has 1 saturated heterocycles. The summed E-state index contributed by atoms with van der Waals surface area (Å²) in [7, 11) is 0. The van der Waals surface area contributed by atoms with Crippen LogP contribution in [0.25, 0.3) is 22.3 Å². The molecular formula is C29H25NO9. The van der Waals surface area contributed by atoms with Crippen molar-refractivity contribution >= 4 is 22.8 Å². The molecule has 4 aromatic rings. The number of benzene rings is 3. The molecule has 0 radical (unpaired) electrons. The number of morpholine rings is 1. The van der Waals surface area contributed by atoms with Gasteiger partial charge < -0.3 is 34.5 Å². The van der Waals surface area contributed by atoms with E-state index in [1.165, 1.54) is 30.3 Å². The van der Waals surface area contributed by atoms with Crippen LogP contribution in [0.15, 0.2) is 69.9 Å². The highest BCUT2D eigenvalue weighted by atomic mass is 16.5. The highest BCUT2D eigenvalue weighted by Crippen LogP contribution is 2.49. The maximum absolute atomic E-state index is 13.4. The van der Waals surface area contributed by atoms with E-state index in [9.17, 15) is 34.8 Å². The van der Waals surface area contributed by atoms with E-state index in [0.29, 0.717) is 37.4 Å². The largest absolute Gasteiger partial charge is 0.504 e. The third-order valence-electron chi connectivity index (χ3n) is 6.84. The van der Waals surface area contributed by atoms with E-state index in [1.54, 1.807) is 35.2 Å². The quantitative estimate of drug-likeness (QED) is 0.273. The smallest absolute Gasteiger partial charge is 0.335 e. The third-order valence-corrected chi connectivity index (χ3v) is 6.84. The van der Waals surface area contributed by atoms with Crippen molar-refractivity contribution in [3.8, 4) is 28.6 Å². The lowest BCUT2D eigenvalue weighted by molar-refractivity contribution is -0.135. The highest BCUT2D eigenvalue weighted by Gasteiger charge is 2.32. The van der Waals surface area contributed by atoms with Crippen LogP contribution in [-0.2, 0) is 9.53 Å². The van der Waals surface area contributed by atoms with E-state index in [1.807, 2.05) is 0 Å². The van der Waals surface area contributed by atoms with Crippen molar-refractivity contribution < 1.29 is 39.2 Å². The minimum absolute atomic E-state index is 0.0116. The lowest BCUT2D eigenvalue weighted by atomic mass is 9.85. The first-order valence-corrected chi connectivity index (χ1v) is 12.2. The Morgan fingerprint density at radius 2 is 1.56 bits per heavy atom. The summed E-state index contributed by atoms with van der Waals surface area (Å²) in [6.07, 6.45) is -0.210. The second kappa shape index (κ2) is 10.5. The normalized spacial score (nSPS) is 14.3. The van der Waals surface area contributed by atoms with E-state index < -0.39 is 34.6 Å². The summed E-state index contributed by atoms with van der Waals surface area (Å²) in [4.78, 5) is 39.6. The molecule has 0 unspecified atom stereocenters. The molecule has 0 bridgehead atoms. The SMILES string of the molecule is O=C(O)c1ccc([C@H](CC(=O)N2CCOCC2)c2c(O)c(O)c(O)c3c(=O)cc(-c4ccccc4)oc23)cc1. The molecule has 1 atom stereocenters. The zero-order valence-corrected chi connectivity index (χ0v) is 20.7. The van der Waals surface area contributed by atoms with Crippen molar-refractivity contribution in [1.82, 2.24) is 4.90 Å². The molecule has 10 heteroatoms.